The van der Waals surface area contributed by atoms with Crippen LogP contribution in [0.5, 0.6) is 5.75 Å². The third-order valence-corrected chi connectivity index (χ3v) is 4.14. The molecule has 3 rings (SSSR count). The molecule has 136 valence electrons. The number of nitrogens with zero attached hydrogens (tertiary/aromatic N) is 2. The molecule has 0 saturated carbocycles. The van der Waals surface area contributed by atoms with Crippen LogP contribution in [0.4, 0.5) is 4.39 Å². The Morgan fingerprint density at radius 3 is 2.88 bits per heavy atom. The van der Waals surface area contributed by atoms with Gasteiger partial charge >= 0.3 is 0 Å². The summed E-state index contributed by atoms with van der Waals surface area (Å²) < 4.78 is 14.5. The number of carbonyl (C=O) groups excluding carboxylic acids is 1. The highest BCUT2D eigenvalue weighted by atomic mass is 35.5. The van der Waals surface area contributed by atoms with Crippen molar-refractivity contribution in [3.63, 3.8) is 0 Å². The highest BCUT2D eigenvalue weighted by Gasteiger charge is 2.26. The number of amides is 1. The maximum atomic E-state index is 13.2. The van der Waals surface area contributed by atoms with Gasteiger partial charge in [0.25, 0.3) is 5.91 Å². The summed E-state index contributed by atoms with van der Waals surface area (Å²) in [4.78, 5) is 12.2. The summed E-state index contributed by atoms with van der Waals surface area (Å²) in [5.74, 6) is -1.22. The number of halogens is 2. The molecule has 0 aliphatic carbocycles. The Kier molecular flexibility index (Phi) is 5.99. The molecule has 1 fully saturated rings. The monoisotopic (exact) mass is 370 g/mol. The van der Waals surface area contributed by atoms with E-state index in [1.165, 1.54) is 29.1 Å². The Morgan fingerprint density at radius 2 is 2.24 bits per heavy atom. The lowest BCUT2D eigenvalue weighted by Crippen LogP contribution is -2.34. The van der Waals surface area contributed by atoms with Crippen LogP contribution in [0.2, 0.25) is 0 Å². The van der Waals surface area contributed by atoms with Crippen LogP contribution in [0, 0.1) is 18.7 Å². The number of aromatic hydroxyl groups is 1. The van der Waals surface area contributed by atoms with Crippen LogP contribution in [0.3, 0.4) is 0 Å². The number of aliphatic hydroxyl groups is 1. The minimum Gasteiger partial charge on any atom is -0.504 e. The lowest BCUT2D eigenvalue weighted by Gasteiger charge is -2.13. The van der Waals surface area contributed by atoms with E-state index in [2.05, 4.69) is 15.7 Å². The molecule has 2 atom stereocenters. The highest BCUT2D eigenvalue weighted by Crippen LogP contribution is 2.21. The van der Waals surface area contributed by atoms with Crippen molar-refractivity contribution in [3.05, 3.63) is 41.5 Å². The zero-order chi connectivity index (χ0) is 17.3. The molecule has 4 N–H and O–H groups in total. The fourth-order valence-electron chi connectivity index (χ4n) is 2.76. The maximum absolute atomic E-state index is 13.2. The Bertz CT molecular complexity index is 768. The number of aromatic nitrogens is 2. The van der Waals surface area contributed by atoms with Gasteiger partial charge in [0.05, 0.1) is 18.0 Å². The van der Waals surface area contributed by atoms with Crippen LogP contribution in [0.25, 0.3) is 5.69 Å². The van der Waals surface area contributed by atoms with E-state index in [9.17, 15) is 19.4 Å². The fourth-order valence-corrected chi connectivity index (χ4v) is 2.76. The molecule has 2 aromatic rings. The number of benzene rings is 1. The quantitative estimate of drug-likeness (QED) is 0.636. The van der Waals surface area contributed by atoms with Crippen molar-refractivity contribution in [1.82, 2.24) is 20.4 Å². The Labute approximate surface area is 150 Å². The van der Waals surface area contributed by atoms with Crippen LogP contribution in [0.1, 0.15) is 16.1 Å². The predicted octanol–water partition coefficient (Wildman–Crippen LogP) is 0.757. The Hall–Kier alpha value is -2.16. The van der Waals surface area contributed by atoms with Crippen LogP contribution in [0.15, 0.2) is 24.4 Å². The smallest absolute Gasteiger partial charge is 0.275 e. The summed E-state index contributed by atoms with van der Waals surface area (Å²) >= 11 is 0. The molecule has 1 aliphatic heterocycles. The molecule has 1 aliphatic rings. The number of β-amino-alcohol motifs (C(OH)–C–C–N with tert-alkyl or cyclic N) is 1. The normalized spacial score (nSPS) is 19.5. The van der Waals surface area contributed by atoms with Crippen LogP contribution in [-0.2, 0) is 0 Å². The van der Waals surface area contributed by atoms with Gasteiger partial charge in [-0.15, -0.1) is 12.4 Å². The molecule has 0 spiro atoms. The molecule has 1 saturated heterocycles. The van der Waals surface area contributed by atoms with Gasteiger partial charge in [0.1, 0.15) is 5.82 Å². The largest absolute Gasteiger partial charge is 0.504 e. The van der Waals surface area contributed by atoms with Gasteiger partial charge in [-0.25, -0.2) is 9.07 Å². The van der Waals surface area contributed by atoms with Gasteiger partial charge in [-0.3, -0.25) is 4.79 Å². The van der Waals surface area contributed by atoms with Gasteiger partial charge in [-0.05, 0) is 30.7 Å². The fraction of sp³-hybridized carbons (Fsp3) is 0.375. The van der Waals surface area contributed by atoms with Crippen molar-refractivity contribution >= 4 is 18.3 Å². The average molecular weight is 371 g/mol. The first kappa shape index (κ1) is 19.2. The molecule has 7 nitrogen and oxygen atoms in total. The first-order chi connectivity index (χ1) is 11.5. The van der Waals surface area contributed by atoms with Crippen molar-refractivity contribution in [2.45, 2.75) is 13.0 Å². The number of rotatable bonds is 4. The van der Waals surface area contributed by atoms with Crippen molar-refractivity contribution in [2.24, 2.45) is 5.92 Å². The first-order valence-corrected chi connectivity index (χ1v) is 7.68. The third kappa shape index (κ3) is 4.09. The van der Waals surface area contributed by atoms with Crippen LogP contribution < -0.4 is 10.6 Å². The van der Waals surface area contributed by atoms with E-state index >= 15 is 0 Å². The zero-order valence-corrected chi connectivity index (χ0v) is 14.4. The number of nitrogens with one attached hydrogen (secondary N) is 2. The predicted molar refractivity (Wildman–Crippen MR) is 91.9 cm³/mol. The highest BCUT2D eigenvalue weighted by molar-refractivity contribution is 5.94. The van der Waals surface area contributed by atoms with E-state index in [4.69, 9.17) is 0 Å². The van der Waals surface area contributed by atoms with Gasteiger partial charge in [0.2, 0.25) is 0 Å². The second kappa shape index (κ2) is 7.81. The molecule has 1 aromatic heterocycles. The van der Waals surface area contributed by atoms with E-state index in [1.54, 1.807) is 6.92 Å². The minimum absolute atomic E-state index is 0. The Morgan fingerprint density at radius 1 is 1.48 bits per heavy atom. The second-order valence-electron chi connectivity index (χ2n) is 5.93. The lowest BCUT2D eigenvalue weighted by atomic mass is 10.1. The van der Waals surface area contributed by atoms with Crippen molar-refractivity contribution in [1.29, 1.82) is 0 Å². The number of hydrogen-bond donors (Lipinski definition) is 4. The molecule has 1 aromatic carbocycles. The van der Waals surface area contributed by atoms with Crippen LogP contribution >= 0.6 is 12.4 Å². The summed E-state index contributed by atoms with van der Waals surface area (Å²) in [6.45, 7) is 3.13. The topological polar surface area (TPSA) is 99.4 Å². The maximum Gasteiger partial charge on any atom is 0.275 e. The molecule has 0 bridgehead atoms. The summed E-state index contributed by atoms with van der Waals surface area (Å²) in [5, 5.41) is 29.5. The van der Waals surface area contributed by atoms with Crippen LogP contribution in [-0.4, -0.2) is 51.6 Å². The number of hydrogen-bond acceptors (Lipinski definition) is 5. The van der Waals surface area contributed by atoms with E-state index in [0.717, 1.165) is 0 Å². The van der Waals surface area contributed by atoms with Crippen molar-refractivity contribution in [2.75, 3.05) is 19.6 Å². The number of carbonyl (C=O) groups is 1. The summed E-state index contributed by atoms with van der Waals surface area (Å²) in [6.07, 6.45) is 0.805. The van der Waals surface area contributed by atoms with Gasteiger partial charge in [-0.1, -0.05) is 0 Å². The summed E-state index contributed by atoms with van der Waals surface area (Å²) in [5.41, 5.74) is 1.09. The number of aryl methyl sites for hydroxylation is 1. The van der Waals surface area contributed by atoms with E-state index in [1.807, 2.05) is 0 Å². The molecule has 9 heteroatoms. The minimum atomic E-state index is -0.523. The van der Waals surface area contributed by atoms with E-state index in [-0.39, 0.29) is 42.1 Å². The SMILES string of the molecule is Cc1cc(F)ccc1-n1cc(O)c(C(=O)NCC2CNCC2O)n1.Cl. The standard InChI is InChI=1S/C16H19FN4O3.ClH/c1-9-4-11(17)2-3-12(9)21-8-14(23)15(20-21)16(24)19-6-10-5-18-7-13(10)22;/h2-4,8,10,13,18,22-23H,5-7H2,1H3,(H,19,24);1H. The van der Waals surface area contributed by atoms with Gasteiger partial charge in [-0.2, -0.15) is 5.10 Å². The molecule has 1 amide bonds. The molecule has 0 radical (unpaired) electrons. The number of aliphatic hydroxyl groups excluding tert-OH is 1. The van der Waals surface area contributed by atoms with Gasteiger partial charge in [0.15, 0.2) is 11.4 Å². The second-order valence-corrected chi connectivity index (χ2v) is 5.93. The van der Waals surface area contributed by atoms with Gasteiger partial charge in [0, 0.05) is 25.6 Å². The molecular formula is C16H20ClFN4O3. The van der Waals surface area contributed by atoms with Crippen molar-refractivity contribution in [3.8, 4) is 11.4 Å². The molecule has 25 heavy (non-hydrogen) atoms. The first-order valence-electron chi connectivity index (χ1n) is 7.68. The van der Waals surface area contributed by atoms with Crippen molar-refractivity contribution < 1.29 is 19.4 Å². The molecule has 2 unspecified atom stereocenters. The van der Waals surface area contributed by atoms with E-state index in [0.29, 0.717) is 24.3 Å². The third-order valence-electron chi connectivity index (χ3n) is 4.14. The zero-order valence-electron chi connectivity index (χ0n) is 13.6. The van der Waals surface area contributed by atoms with Gasteiger partial charge < -0.3 is 20.8 Å². The van der Waals surface area contributed by atoms with E-state index < -0.39 is 12.0 Å². The Balaban J connectivity index is 0.00000225. The summed E-state index contributed by atoms with van der Waals surface area (Å²) in [7, 11) is 0. The summed E-state index contributed by atoms with van der Waals surface area (Å²) in [6, 6.07) is 4.16. The molecular weight excluding hydrogens is 351 g/mol. The lowest BCUT2D eigenvalue weighted by molar-refractivity contribution is 0.0919. The average Bonchev–Trinajstić information content (AvgIpc) is 3.11. The molecule has 2 heterocycles.